The topological polar surface area (TPSA) is 0 Å². The van der Waals surface area contributed by atoms with Crippen molar-refractivity contribution in [2.45, 2.75) is 188 Å². The van der Waals surface area contributed by atoms with Crippen LogP contribution in [0.5, 0.6) is 0 Å². The summed E-state index contributed by atoms with van der Waals surface area (Å²) in [6, 6.07) is 0. The van der Waals surface area contributed by atoms with E-state index in [9.17, 15) is 0 Å². The summed E-state index contributed by atoms with van der Waals surface area (Å²) in [5.41, 5.74) is 40.5. The highest BCUT2D eigenvalue weighted by Gasteiger charge is 2.71. The number of aryl methyl sites for hydroxylation is 8. The summed E-state index contributed by atoms with van der Waals surface area (Å²) in [5.74, 6) is 0. The Morgan fingerprint density at radius 2 is 0.267 bits per heavy atom. The van der Waals surface area contributed by atoms with E-state index in [4.69, 9.17) is 0 Å². The Balaban J connectivity index is 1.76. The maximum Gasteiger partial charge on any atom is 0.0321 e. The van der Waals surface area contributed by atoms with E-state index in [1.54, 1.807) is 44.5 Å². The van der Waals surface area contributed by atoms with Crippen LogP contribution in [0.2, 0.25) is 0 Å². The number of rotatable bonds is 0. The second-order valence-electron chi connectivity index (χ2n) is 21.5. The van der Waals surface area contributed by atoms with E-state index in [0.717, 1.165) is 0 Å². The van der Waals surface area contributed by atoms with Gasteiger partial charge < -0.3 is 0 Å². The molecule has 4 bridgehead atoms. The van der Waals surface area contributed by atoms with Gasteiger partial charge in [0.15, 0.2) is 0 Å². The number of fused-ring (bicyclic) bond motifs is 2. The van der Waals surface area contributed by atoms with Gasteiger partial charge in [-0.05, 0) is 316 Å². The molecular weight excluding hydrogens is 721 g/mol. The lowest BCUT2D eigenvalue weighted by atomic mass is 9.32. The van der Waals surface area contributed by atoms with Crippen LogP contribution in [0.4, 0.5) is 0 Å². The third-order valence-electron chi connectivity index (χ3n) is 20.2. The molecule has 60 heavy (non-hydrogen) atoms. The lowest BCUT2D eigenvalue weighted by Crippen LogP contribution is -2.66. The molecular formula is C60H72. The average Bonchev–Trinajstić information content (AvgIpc) is 3.20. The predicted octanol–water partition coefficient (Wildman–Crippen LogP) is 15.7. The van der Waals surface area contributed by atoms with Crippen molar-refractivity contribution in [2.24, 2.45) is 0 Å². The molecule has 4 unspecified atom stereocenters. The minimum Gasteiger partial charge on any atom is -0.0502 e. The molecule has 6 aromatic rings. The van der Waals surface area contributed by atoms with Gasteiger partial charge in [0.1, 0.15) is 0 Å². The second-order valence-corrected chi connectivity index (χ2v) is 21.5. The number of hydrogen-bond acceptors (Lipinski definition) is 0. The van der Waals surface area contributed by atoms with Crippen molar-refractivity contribution >= 4 is 21.5 Å². The van der Waals surface area contributed by atoms with Gasteiger partial charge in [-0.2, -0.15) is 0 Å². The van der Waals surface area contributed by atoms with Crippen LogP contribution >= 0.6 is 0 Å². The van der Waals surface area contributed by atoms with Gasteiger partial charge in [0, 0.05) is 21.7 Å². The van der Waals surface area contributed by atoms with Gasteiger partial charge in [-0.1, -0.05) is 27.7 Å². The largest absolute Gasteiger partial charge is 0.0502 e. The summed E-state index contributed by atoms with van der Waals surface area (Å²) < 4.78 is 0. The van der Waals surface area contributed by atoms with Gasteiger partial charge in [-0.3, -0.25) is 0 Å². The first-order valence-electron chi connectivity index (χ1n) is 23.0. The van der Waals surface area contributed by atoms with E-state index in [2.05, 4.69) is 166 Å². The van der Waals surface area contributed by atoms with Crippen LogP contribution in [0.3, 0.4) is 0 Å². The van der Waals surface area contributed by atoms with Crippen molar-refractivity contribution in [3.8, 4) is 0 Å². The molecule has 6 aromatic carbocycles. The molecule has 0 aromatic heterocycles. The maximum atomic E-state index is 2.75. The van der Waals surface area contributed by atoms with Gasteiger partial charge in [0.25, 0.3) is 0 Å². The molecule has 0 fully saturated rings. The number of hydrogen-bond donors (Lipinski definition) is 0. The molecule has 0 aliphatic heterocycles. The van der Waals surface area contributed by atoms with Crippen molar-refractivity contribution in [2.75, 3.05) is 0 Å². The smallest absolute Gasteiger partial charge is 0.0321 e. The van der Waals surface area contributed by atoms with Crippen LogP contribution in [0.15, 0.2) is 0 Å². The van der Waals surface area contributed by atoms with E-state index in [1.165, 1.54) is 133 Å². The Kier molecular flexibility index (Phi) is 8.14. The van der Waals surface area contributed by atoms with Gasteiger partial charge in [-0.25, -0.2) is 0 Å². The minimum absolute atomic E-state index is 0.426. The third kappa shape index (κ3) is 3.84. The fourth-order valence-corrected chi connectivity index (χ4v) is 15.9. The summed E-state index contributed by atoms with van der Waals surface area (Å²) in [7, 11) is 0. The van der Waals surface area contributed by atoms with Crippen LogP contribution in [0.25, 0.3) is 21.5 Å². The highest BCUT2D eigenvalue weighted by molar-refractivity contribution is 6.03. The molecule has 0 saturated heterocycles. The standard InChI is InChI=1S/C60H72/c1-25-26(2)34(10)46-42(18)54-53(41(17)45(46)33(25)9)57(21)49-37(13)29(5)30(6)38(14)50(49)58(54,22)60(24)52-40(16)32(8)31(7)39(15)51(52)59(57,23)55-43(19)47-35(11)27(3)28(4)36(12)48(47)44(20)56(55)60/h1-24H3. The molecule has 0 nitrogen and oxygen atoms in total. The van der Waals surface area contributed by atoms with Crippen LogP contribution in [0.1, 0.15) is 183 Å². The first-order chi connectivity index (χ1) is 27.7. The fraction of sp³-hybridized carbons (Fsp3) is 0.467. The quantitative estimate of drug-likeness (QED) is 0.144. The van der Waals surface area contributed by atoms with Gasteiger partial charge in [0.05, 0.1) is 0 Å². The average molecular weight is 793 g/mol. The first kappa shape index (κ1) is 41.2. The lowest BCUT2D eigenvalue weighted by Gasteiger charge is -2.69. The summed E-state index contributed by atoms with van der Waals surface area (Å²) in [4.78, 5) is 0. The zero-order valence-electron chi connectivity index (χ0n) is 42.0. The molecule has 12 rings (SSSR count). The van der Waals surface area contributed by atoms with Crippen molar-refractivity contribution < 1.29 is 0 Å². The molecule has 0 N–H and O–H groups in total. The molecule has 0 heteroatoms. The highest BCUT2D eigenvalue weighted by Crippen LogP contribution is 2.76. The Morgan fingerprint density at radius 1 is 0.150 bits per heavy atom. The molecule has 6 aliphatic rings. The van der Waals surface area contributed by atoms with Crippen molar-refractivity contribution in [1.29, 1.82) is 0 Å². The van der Waals surface area contributed by atoms with Crippen LogP contribution < -0.4 is 0 Å². The zero-order valence-corrected chi connectivity index (χ0v) is 42.0. The Hall–Kier alpha value is -4.16. The van der Waals surface area contributed by atoms with Crippen LogP contribution in [-0.4, -0.2) is 0 Å². The van der Waals surface area contributed by atoms with Crippen LogP contribution in [0, 0.1) is 138 Å². The Morgan fingerprint density at radius 3 is 0.417 bits per heavy atom. The van der Waals surface area contributed by atoms with Gasteiger partial charge in [0.2, 0.25) is 0 Å². The Labute approximate surface area is 363 Å². The fourth-order valence-electron chi connectivity index (χ4n) is 15.9. The van der Waals surface area contributed by atoms with E-state index in [-0.39, 0.29) is 0 Å². The normalized spacial score (nSPS) is 23.6. The molecule has 6 aliphatic carbocycles. The second kappa shape index (κ2) is 11.8. The van der Waals surface area contributed by atoms with E-state index >= 15 is 0 Å². The minimum atomic E-state index is -0.426. The monoisotopic (exact) mass is 793 g/mol. The van der Waals surface area contributed by atoms with Crippen molar-refractivity contribution in [3.05, 3.63) is 156 Å². The highest BCUT2D eigenvalue weighted by atomic mass is 14.7. The maximum absolute atomic E-state index is 2.75. The molecule has 0 spiro atoms. The summed E-state index contributed by atoms with van der Waals surface area (Å²) in [6.07, 6.45) is 0. The van der Waals surface area contributed by atoms with E-state index < -0.39 is 21.7 Å². The zero-order chi connectivity index (χ0) is 44.5. The van der Waals surface area contributed by atoms with Gasteiger partial charge >= 0.3 is 0 Å². The molecule has 0 saturated carbocycles. The van der Waals surface area contributed by atoms with Gasteiger partial charge in [-0.15, -0.1) is 0 Å². The predicted molar refractivity (Wildman–Crippen MR) is 261 cm³/mol. The first-order valence-corrected chi connectivity index (χ1v) is 23.0. The summed E-state index contributed by atoms with van der Waals surface area (Å²) in [5, 5.41) is 5.96. The van der Waals surface area contributed by atoms with E-state index in [0.29, 0.717) is 0 Å². The van der Waals surface area contributed by atoms with Crippen molar-refractivity contribution in [3.63, 3.8) is 0 Å². The lowest BCUT2D eigenvalue weighted by molar-refractivity contribution is 0.230. The summed E-state index contributed by atoms with van der Waals surface area (Å²) in [6.45, 7) is 59.9. The molecule has 0 radical (unpaired) electrons. The molecule has 312 valence electrons. The summed E-state index contributed by atoms with van der Waals surface area (Å²) >= 11 is 0. The number of benzene rings is 6. The van der Waals surface area contributed by atoms with Crippen molar-refractivity contribution in [1.82, 2.24) is 0 Å². The molecule has 0 heterocycles. The Bertz CT molecular complexity index is 2700. The van der Waals surface area contributed by atoms with E-state index in [1.807, 2.05) is 0 Å². The third-order valence-corrected chi connectivity index (χ3v) is 20.2. The molecule has 4 atom stereocenters. The van der Waals surface area contributed by atoms with Crippen LogP contribution in [-0.2, 0) is 21.7 Å². The molecule has 0 amide bonds. The SMILES string of the molecule is Cc1c(C)c(C)c2c(c1C)C1(C)c3c(c(C)c4c(C)c(C)c(C)c(C)c4c3C)C2(C)C2(C)c3c(C)c(C)c(C)c(C)c3C1(C)c1c2c(C)c2c(C)c(C)c(C)c(C)c2c1C.